The Morgan fingerprint density at radius 1 is 1.20 bits per heavy atom. The van der Waals surface area contributed by atoms with E-state index in [4.69, 9.17) is 4.52 Å². The summed E-state index contributed by atoms with van der Waals surface area (Å²) in [5.74, 6) is 0. The summed E-state index contributed by atoms with van der Waals surface area (Å²) in [4.78, 5) is 0. The second kappa shape index (κ2) is 2.89. The van der Waals surface area contributed by atoms with E-state index in [2.05, 4.69) is 10.4 Å². The van der Waals surface area contributed by atoms with Gasteiger partial charge in [0, 0.05) is 24.7 Å². The SMILES string of the molecule is [Zn].c1ccc2onnc2c1. The largest absolute Gasteiger partial charge is 0.337 e. The molecular weight excluding hydrogens is 181 g/mol. The summed E-state index contributed by atoms with van der Waals surface area (Å²) in [6.07, 6.45) is 0. The van der Waals surface area contributed by atoms with Crippen molar-refractivity contribution in [2.75, 3.05) is 0 Å². The Hall–Kier alpha value is -0.757. The molecule has 0 spiro atoms. The Morgan fingerprint density at radius 2 is 2.00 bits per heavy atom. The molecule has 0 N–H and O–H groups in total. The molecule has 0 aliphatic carbocycles. The van der Waals surface area contributed by atoms with Crippen molar-refractivity contribution in [2.45, 2.75) is 0 Å². The van der Waals surface area contributed by atoms with E-state index < -0.39 is 0 Å². The van der Waals surface area contributed by atoms with Crippen LogP contribution in [0.25, 0.3) is 11.1 Å². The van der Waals surface area contributed by atoms with Gasteiger partial charge in [-0.05, 0) is 12.1 Å². The molecule has 0 amide bonds. The molecule has 1 aromatic carbocycles. The molecule has 0 aliphatic rings. The molecule has 0 atom stereocenters. The molecule has 2 aromatic rings. The van der Waals surface area contributed by atoms with Crippen LogP contribution in [0.3, 0.4) is 0 Å². The monoisotopic (exact) mass is 184 g/mol. The van der Waals surface area contributed by atoms with Gasteiger partial charge in [0.1, 0.15) is 5.52 Å². The van der Waals surface area contributed by atoms with Crippen LogP contribution in [-0.4, -0.2) is 10.4 Å². The van der Waals surface area contributed by atoms with Crippen LogP contribution in [0.5, 0.6) is 0 Å². The molecule has 2 rings (SSSR count). The van der Waals surface area contributed by atoms with E-state index in [1.165, 1.54) is 0 Å². The van der Waals surface area contributed by atoms with Gasteiger partial charge < -0.3 is 4.52 Å². The van der Waals surface area contributed by atoms with Gasteiger partial charge in [0.25, 0.3) is 0 Å². The van der Waals surface area contributed by atoms with Crippen LogP contribution in [0.15, 0.2) is 28.8 Å². The molecule has 4 heteroatoms. The van der Waals surface area contributed by atoms with E-state index in [0.717, 1.165) is 11.1 Å². The molecule has 10 heavy (non-hydrogen) atoms. The van der Waals surface area contributed by atoms with E-state index in [1.54, 1.807) is 0 Å². The van der Waals surface area contributed by atoms with Crippen molar-refractivity contribution in [2.24, 2.45) is 0 Å². The van der Waals surface area contributed by atoms with Gasteiger partial charge in [-0.15, -0.1) is 5.10 Å². The zero-order valence-corrected chi connectivity index (χ0v) is 8.29. The Balaban J connectivity index is 0.000000500. The minimum absolute atomic E-state index is 0. The zero-order valence-electron chi connectivity index (χ0n) is 5.32. The third-order valence-electron chi connectivity index (χ3n) is 1.15. The van der Waals surface area contributed by atoms with Crippen molar-refractivity contribution in [3.05, 3.63) is 24.3 Å². The molecule has 0 radical (unpaired) electrons. The molecule has 0 saturated carbocycles. The number of rotatable bonds is 0. The van der Waals surface area contributed by atoms with Crippen LogP contribution < -0.4 is 0 Å². The molecular formula is C6H4N2OZn. The smallest absolute Gasteiger partial charge is 0.187 e. The van der Waals surface area contributed by atoms with E-state index in [9.17, 15) is 0 Å². The molecule has 46 valence electrons. The summed E-state index contributed by atoms with van der Waals surface area (Å²) in [6, 6.07) is 7.46. The van der Waals surface area contributed by atoms with Crippen molar-refractivity contribution in [1.29, 1.82) is 0 Å². The van der Waals surface area contributed by atoms with Crippen LogP contribution in [0.2, 0.25) is 0 Å². The maximum Gasteiger partial charge on any atom is 0.187 e. The van der Waals surface area contributed by atoms with Gasteiger partial charge in [-0.3, -0.25) is 0 Å². The third-order valence-corrected chi connectivity index (χ3v) is 1.15. The first kappa shape index (κ1) is 7.35. The average Bonchev–Trinajstić information content (AvgIpc) is 2.33. The van der Waals surface area contributed by atoms with Gasteiger partial charge in [0.05, 0.1) is 0 Å². The number of nitrogens with zero attached hydrogens (tertiary/aromatic N) is 2. The number of para-hydroxylation sites is 1. The number of hydrogen-bond acceptors (Lipinski definition) is 3. The maximum absolute atomic E-state index is 4.76. The standard InChI is InChI=1S/C6H4N2O.Zn/c1-2-4-6-5(3-1)7-8-9-6;/h1-4H;. The topological polar surface area (TPSA) is 38.9 Å². The van der Waals surface area contributed by atoms with Crippen LogP contribution in [-0.2, 0) is 19.5 Å². The van der Waals surface area contributed by atoms with Crippen LogP contribution in [0.4, 0.5) is 0 Å². The Morgan fingerprint density at radius 3 is 2.80 bits per heavy atom. The van der Waals surface area contributed by atoms with Crippen molar-refractivity contribution in [3.8, 4) is 0 Å². The molecule has 1 aromatic heterocycles. The number of benzene rings is 1. The first-order valence-corrected chi connectivity index (χ1v) is 2.64. The van der Waals surface area contributed by atoms with Gasteiger partial charge in [-0.1, -0.05) is 12.1 Å². The van der Waals surface area contributed by atoms with Crippen LogP contribution in [0.1, 0.15) is 0 Å². The first-order chi connectivity index (χ1) is 4.47. The van der Waals surface area contributed by atoms with E-state index in [0.29, 0.717) is 0 Å². The summed E-state index contributed by atoms with van der Waals surface area (Å²) in [7, 11) is 0. The zero-order chi connectivity index (χ0) is 6.10. The molecule has 0 unspecified atom stereocenters. The fraction of sp³-hybridized carbons (Fsp3) is 0. The fourth-order valence-electron chi connectivity index (χ4n) is 0.725. The predicted molar refractivity (Wildman–Crippen MR) is 31.8 cm³/mol. The Bertz CT molecular complexity index is 290. The van der Waals surface area contributed by atoms with Crippen molar-refractivity contribution in [3.63, 3.8) is 0 Å². The molecule has 0 bridgehead atoms. The number of aromatic nitrogens is 2. The van der Waals surface area contributed by atoms with E-state index >= 15 is 0 Å². The number of hydrogen-bond donors (Lipinski definition) is 0. The van der Waals surface area contributed by atoms with E-state index in [-0.39, 0.29) is 19.5 Å². The predicted octanol–water partition coefficient (Wildman–Crippen LogP) is 1.22. The van der Waals surface area contributed by atoms with Gasteiger partial charge in [-0.25, -0.2) is 0 Å². The van der Waals surface area contributed by atoms with Crippen molar-refractivity contribution >= 4 is 11.1 Å². The molecule has 0 fully saturated rings. The molecule has 1 heterocycles. The summed E-state index contributed by atoms with van der Waals surface area (Å²) in [5, 5.41) is 7.08. The minimum atomic E-state index is 0. The Labute approximate surface area is 70.1 Å². The summed E-state index contributed by atoms with van der Waals surface area (Å²) < 4.78 is 4.76. The van der Waals surface area contributed by atoms with Crippen LogP contribution in [0, 0.1) is 0 Å². The van der Waals surface area contributed by atoms with Crippen molar-refractivity contribution < 1.29 is 24.0 Å². The minimum Gasteiger partial charge on any atom is -0.337 e. The van der Waals surface area contributed by atoms with Gasteiger partial charge in [-0.2, -0.15) is 0 Å². The normalized spacial score (nSPS) is 9.20. The second-order valence-corrected chi connectivity index (χ2v) is 1.74. The average molecular weight is 186 g/mol. The molecule has 0 saturated heterocycles. The van der Waals surface area contributed by atoms with Crippen molar-refractivity contribution in [1.82, 2.24) is 10.4 Å². The number of fused-ring (bicyclic) bond motifs is 1. The first-order valence-electron chi connectivity index (χ1n) is 2.64. The van der Waals surface area contributed by atoms with Gasteiger partial charge in [0.2, 0.25) is 0 Å². The molecule has 3 nitrogen and oxygen atoms in total. The molecule has 0 aliphatic heterocycles. The summed E-state index contributed by atoms with van der Waals surface area (Å²) in [6.45, 7) is 0. The van der Waals surface area contributed by atoms with Gasteiger partial charge in [0.15, 0.2) is 5.58 Å². The second-order valence-electron chi connectivity index (χ2n) is 1.74. The summed E-state index contributed by atoms with van der Waals surface area (Å²) >= 11 is 0. The third kappa shape index (κ3) is 1.07. The van der Waals surface area contributed by atoms with Gasteiger partial charge >= 0.3 is 0 Å². The van der Waals surface area contributed by atoms with Crippen LogP contribution >= 0.6 is 0 Å². The summed E-state index contributed by atoms with van der Waals surface area (Å²) in [5.41, 5.74) is 1.54. The van der Waals surface area contributed by atoms with E-state index in [1.807, 2.05) is 24.3 Å². The quantitative estimate of drug-likeness (QED) is 0.580. The Kier molecular flexibility index (Phi) is 2.12. The fourth-order valence-corrected chi connectivity index (χ4v) is 0.725. The maximum atomic E-state index is 4.76.